The Hall–Kier alpha value is -0.760. The summed E-state index contributed by atoms with van der Waals surface area (Å²) in [4.78, 5) is 0. The van der Waals surface area contributed by atoms with Gasteiger partial charge in [-0.1, -0.05) is 41.0 Å². The third-order valence-corrected chi connectivity index (χ3v) is 1.72. The fourth-order valence-corrected chi connectivity index (χ4v) is 0.881. The molecule has 0 aliphatic rings. The van der Waals surface area contributed by atoms with Crippen LogP contribution in [0.3, 0.4) is 0 Å². The zero-order valence-electron chi connectivity index (χ0n) is 10.1. The van der Waals surface area contributed by atoms with Gasteiger partial charge in [0.2, 0.25) is 0 Å². The molecule has 14 heavy (non-hydrogen) atoms. The summed E-state index contributed by atoms with van der Waals surface area (Å²) in [6.07, 6.45) is 3.03. The second kappa shape index (κ2) is 5.86. The first-order valence-electron chi connectivity index (χ1n) is 5.23. The number of hydrogen-bond acceptors (Lipinski definition) is 2. The summed E-state index contributed by atoms with van der Waals surface area (Å²) in [6, 6.07) is 2.01. The molecule has 1 heterocycles. The summed E-state index contributed by atoms with van der Waals surface area (Å²) in [6.45, 7) is 11.2. The Kier molecular flexibility index (Phi) is 5.55. The molecule has 0 amide bonds. The molecule has 0 aromatic carbocycles. The van der Waals surface area contributed by atoms with Crippen LogP contribution < -0.4 is 5.73 Å². The van der Waals surface area contributed by atoms with Crippen LogP contribution in [0.15, 0.2) is 16.7 Å². The first-order chi connectivity index (χ1) is 6.45. The zero-order chi connectivity index (χ0) is 11.2. The molecule has 0 spiro atoms. The van der Waals surface area contributed by atoms with Crippen molar-refractivity contribution in [1.29, 1.82) is 0 Å². The average molecular weight is 197 g/mol. The van der Waals surface area contributed by atoms with Crippen LogP contribution >= 0.6 is 0 Å². The van der Waals surface area contributed by atoms with Gasteiger partial charge >= 0.3 is 0 Å². The standard InChI is InChI=1S/C9H15NO.C3H8/c1-9(2,3)7-4-8(5-10)11-6-7;1-3-2/h4,6H,5,10H2,1-3H3;3H2,1-2H3. The molecule has 0 radical (unpaired) electrons. The minimum atomic E-state index is 0.164. The number of nitrogens with two attached hydrogens (primary N) is 1. The van der Waals surface area contributed by atoms with Gasteiger partial charge in [0.05, 0.1) is 12.8 Å². The van der Waals surface area contributed by atoms with E-state index in [1.807, 2.05) is 6.07 Å². The predicted octanol–water partition coefficient (Wildman–Crippen LogP) is 3.45. The molecule has 0 unspecified atom stereocenters. The highest BCUT2D eigenvalue weighted by atomic mass is 16.3. The summed E-state index contributed by atoms with van der Waals surface area (Å²) in [7, 11) is 0. The highest BCUT2D eigenvalue weighted by Crippen LogP contribution is 2.23. The minimum Gasteiger partial charge on any atom is -0.468 e. The van der Waals surface area contributed by atoms with Crippen molar-refractivity contribution >= 4 is 0 Å². The van der Waals surface area contributed by atoms with E-state index in [9.17, 15) is 0 Å². The van der Waals surface area contributed by atoms with Gasteiger partial charge < -0.3 is 10.2 Å². The van der Waals surface area contributed by atoms with E-state index >= 15 is 0 Å². The number of hydrogen-bond donors (Lipinski definition) is 1. The van der Waals surface area contributed by atoms with Crippen LogP contribution in [0, 0.1) is 0 Å². The second-order valence-corrected chi connectivity index (χ2v) is 4.46. The molecular weight excluding hydrogens is 174 g/mol. The molecule has 0 atom stereocenters. The SMILES string of the molecule is CC(C)(C)c1coc(CN)c1.CCC. The number of rotatable bonds is 1. The normalized spacial score (nSPS) is 10.7. The van der Waals surface area contributed by atoms with E-state index < -0.39 is 0 Å². The lowest BCUT2D eigenvalue weighted by Crippen LogP contribution is -2.09. The summed E-state index contributed by atoms with van der Waals surface area (Å²) in [5, 5.41) is 0. The predicted molar refractivity (Wildman–Crippen MR) is 61.3 cm³/mol. The topological polar surface area (TPSA) is 39.2 Å². The van der Waals surface area contributed by atoms with Crippen LogP contribution in [-0.2, 0) is 12.0 Å². The van der Waals surface area contributed by atoms with E-state index in [4.69, 9.17) is 10.2 Å². The largest absolute Gasteiger partial charge is 0.468 e. The van der Waals surface area contributed by atoms with Crippen LogP contribution in [0.4, 0.5) is 0 Å². The Bertz CT molecular complexity index is 245. The van der Waals surface area contributed by atoms with Crippen molar-refractivity contribution in [1.82, 2.24) is 0 Å². The Labute approximate surface area is 87.5 Å². The molecule has 0 aliphatic carbocycles. The van der Waals surface area contributed by atoms with Crippen LogP contribution in [0.1, 0.15) is 52.4 Å². The molecule has 82 valence electrons. The van der Waals surface area contributed by atoms with E-state index in [1.54, 1.807) is 6.26 Å². The maximum Gasteiger partial charge on any atom is 0.117 e. The van der Waals surface area contributed by atoms with Gasteiger partial charge in [0.1, 0.15) is 5.76 Å². The van der Waals surface area contributed by atoms with Crippen molar-refractivity contribution in [3.8, 4) is 0 Å². The van der Waals surface area contributed by atoms with Crippen molar-refractivity contribution in [2.75, 3.05) is 0 Å². The van der Waals surface area contributed by atoms with Crippen molar-refractivity contribution in [2.45, 2.75) is 53.0 Å². The van der Waals surface area contributed by atoms with Crippen LogP contribution in [-0.4, -0.2) is 0 Å². The molecule has 1 aromatic heterocycles. The smallest absolute Gasteiger partial charge is 0.117 e. The molecule has 2 N–H and O–H groups in total. The van der Waals surface area contributed by atoms with Crippen LogP contribution in [0.2, 0.25) is 0 Å². The van der Waals surface area contributed by atoms with Crippen LogP contribution in [0.25, 0.3) is 0 Å². The van der Waals surface area contributed by atoms with Gasteiger partial charge in [-0.2, -0.15) is 0 Å². The minimum absolute atomic E-state index is 0.164. The molecule has 1 rings (SSSR count). The van der Waals surface area contributed by atoms with Gasteiger partial charge in [-0.25, -0.2) is 0 Å². The van der Waals surface area contributed by atoms with Gasteiger partial charge in [0, 0.05) is 0 Å². The van der Waals surface area contributed by atoms with Crippen LogP contribution in [0.5, 0.6) is 0 Å². The highest BCUT2D eigenvalue weighted by Gasteiger charge is 2.15. The van der Waals surface area contributed by atoms with Crippen molar-refractivity contribution in [3.63, 3.8) is 0 Å². The molecule has 0 bridgehead atoms. The molecule has 0 fully saturated rings. The van der Waals surface area contributed by atoms with E-state index in [2.05, 4.69) is 34.6 Å². The van der Waals surface area contributed by atoms with E-state index in [1.165, 1.54) is 12.0 Å². The van der Waals surface area contributed by atoms with E-state index in [-0.39, 0.29) is 5.41 Å². The van der Waals surface area contributed by atoms with E-state index in [0.717, 1.165) is 5.76 Å². The Morgan fingerprint density at radius 1 is 1.29 bits per heavy atom. The third kappa shape index (κ3) is 4.47. The third-order valence-electron chi connectivity index (χ3n) is 1.72. The van der Waals surface area contributed by atoms with Crippen molar-refractivity contribution in [2.24, 2.45) is 5.73 Å². The highest BCUT2D eigenvalue weighted by molar-refractivity contribution is 5.20. The van der Waals surface area contributed by atoms with Crippen molar-refractivity contribution in [3.05, 3.63) is 23.7 Å². The average Bonchev–Trinajstić information content (AvgIpc) is 2.52. The molecular formula is C12H23NO. The molecule has 0 saturated carbocycles. The first-order valence-corrected chi connectivity index (χ1v) is 5.23. The summed E-state index contributed by atoms with van der Waals surface area (Å²) in [5.74, 6) is 0.856. The fraction of sp³-hybridized carbons (Fsp3) is 0.667. The second-order valence-electron chi connectivity index (χ2n) is 4.46. The first kappa shape index (κ1) is 13.2. The molecule has 0 saturated heterocycles. The lowest BCUT2D eigenvalue weighted by molar-refractivity contribution is 0.500. The summed E-state index contributed by atoms with van der Waals surface area (Å²) in [5.41, 5.74) is 6.78. The Morgan fingerprint density at radius 3 is 2.00 bits per heavy atom. The van der Waals surface area contributed by atoms with Crippen molar-refractivity contribution < 1.29 is 4.42 Å². The lowest BCUT2D eigenvalue weighted by atomic mass is 9.89. The lowest BCUT2D eigenvalue weighted by Gasteiger charge is -2.14. The Morgan fingerprint density at radius 2 is 1.79 bits per heavy atom. The van der Waals surface area contributed by atoms with Gasteiger partial charge in [0.15, 0.2) is 0 Å². The molecule has 1 aromatic rings. The summed E-state index contributed by atoms with van der Waals surface area (Å²) < 4.78 is 5.22. The maximum absolute atomic E-state index is 5.41. The van der Waals surface area contributed by atoms with Gasteiger partial charge in [0.25, 0.3) is 0 Å². The maximum atomic E-state index is 5.41. The monoisotopic (exact) mass is 197 g/mol. The van der Waals surface area contributed by atoms with E-state index in [0.29, 0.717) is 6.54 Å². The Balaban J connectivity index is 0.000000500. The van der Waals surface area contributed by atoms with Gasteiger partial charge in [-0.15, -0.1) is 0 Å². The molecule has 2 heteroatoms. The van der Waals surface area contributed by atoms with Gasteiger partial charge in [-0.3, -0.25) is 0 Å². The van der Waals surface area contributed by atoms with Gasteiger partial charge in [-0.05, 0) is 17.0 Å². The summed E-state index contributed by atoms with van der Waals surface area (Å²) >= 11 is 0. The fourth-order valence-electron chi connectivity index (χ4n) is 0.881. The number of furan rings is 1. The quantitative estimate of drug-likeness (QED) is 0.749. The zero-order valence-corrected chi connectivity index (χ0v) is 10.1. The molecule has 2 nitrogen and oxygen atoms in total. The molecule has 0 aliphatic heterocycles.